The number of aromatic nitrogens is 4. The number of nitrogens with one attached hydrogen (secondary N) is 2. The summed E-state index contributed by atoms with van der Waals surface area (Å²) in [6, 6.07) is 3.34. The number of anilines is 2. The number of carbonyl (C=O) groups excluding carboxylic acids is 1. The number of hydrogen-bond acceptors (Lipinski definition) is 6. The lowest BCUT2D eigenvalue weighted by molar-refractivity contribution is 0.102. The maximum absolute atomic E-state index is 11.9. The first-order chi connectivity index (χ1) is 9.10. The van der Waals surface area contributed by atoms with Crippen LogP contribution in [0.5, 0.6) is 0 Å². The van der Waals surface area contributed by atoms with Crippen molar-refractivity contribution in [1.29, 1.82) is 0 Å². The van der Waals surface area contributed by atoms with E-state index >= 15 is 0 Å². The lowest BCUT2D eigenvalue weighted by Crippen LogP contribution is -2.15. The predicted molar refractivity (Wildman–Crippen MR) is 70.4 cm³/mol. The molecule has 19 heavy (non-hydrogen) atoms. The summed E-state index contributed by atoms with van der Waals surface area (Å²) in [5.41, 5.74) is 3.16. The molecule has 0 aliphatic rings. The number of nitrogens with zero attached hydrogens (tertiary/aromatic N) is 4. The average molecular weight is 261 g/mol. The van der Waals surface area contributed by atoms with Crippen molar-refractivity contribution < 1.29 is 4.79 Å². The van der Waals surface area contributed by atoms with Crippen LogP contribution in [0.25, 0.3) is 0 Å². The fraction of sp³-hybridized carbons (Fsp3) is 0.273. The molecule has 2 rings (SSSR count). The average Bonchev–Trinajstić information content (AvgIpc) is 2.87. The van der Waals surface area contributed by atoms with Crippen LogP contribution in [0.1, 0.15) is 30.4 Å². The Morgan fingerprint density at radius 2 is 2.16 bits per heavy atom. The highest BCUT2D eigenvalue weighted by Crippen LogP contribution is 2.11. The van der Waals surface area contributed by atoms with Gasteiger partial charge in [0, 0.05) is 12.2 Å². The number of rotatable bonds is 4. The third kappa shape index (κ3) is 3.05. The molecule has 0 aromatic carbocycles. The summed E-state index contributed by atoms with van der Waals surface area (Å²) in [6.07, 6.45) is 3.34. The van der Waals surface area contributed by atoms with E-state index < -0.39 is 0 Å². The van der Waals surface area contributed by atoms with Gasteiger partial charge in [0.2, 0.25) is 0 Å². The summed E-state index contributed by atoms with van der Waals surface area (Å²) in [5, 5.41) is 14.3. The minimum atomic E-state index is -0.348. The third-order valence-corrected chi connectivity index (χ3v) is 2.43. The number of hydrogen-bond donors (Lipinski definition) is 3. The largest absolute Gasteiger partial charge is 0.318 e. The number of carbonyl (C=O) groups is 1. The van der Waals surface area contributed by atoms with E-state index in [1.165, 1.54) is 6.07 Å². The van der Waals surface area contributed by atoms with Crippen molar-refractivity contribution in [3.8, 4) is 0 Å². The van der Waals surface area contributed by atoms with Crippen molar-refractivity contribution in [1.82, 2.24) is 20.0 Å². The molecule has 2 aromatic rings. The third-order valence-electron chi connectivity index (χ3n) is 2.43. The zero-order chi connectivity index (χ0) is 13.8. The molecule has 100 valence electrons. The Morgan fingerprint density at radius 3 is 2.68 bits per heavy atom. The molecule has 0 atom stereocenters. The van der Waals surface area contributed by atoms with Gasteiger partial charge in [-0.25, -0.2) is 5.84 Å². The van der Waals surface area contributed by atoms with Gasteiger partial charge in [-0.05, 0) is 26.0 Å². The van der Waals surface area contributed by atoms with Crippen molar-refractivity contribution in [2.45, 2.75) is 19.9 Å². The summed E-state index contributed by atoms with van der Waals surface area (Å²) in [7, 11) is 0. The SMILES string of the molecule is CC(C)n1cc(NC(=O)c2ccc(NN)nn2)cn1. The van der Waals surface area contributed by atoms with Gasteiger partial charge in [-0.15, -0.1) is 10.2 Å². The maximum atomic E-state index is 11.9. The van der Waals surface area contributed by atoms with Gasteiger partial charge in [0.25, 0.3) is 5.91 Å². The lowest BCUT2D eigenvalue weighted by atomic mass is 10.3. The summed E-state index contributed by atoms with van der Waals surface area (Å²) in [6.45, 7) is 4.01. The van der Waals surface area contributed by atoms with E-state index in [0.29, 0.717) is 11.5 Å². The highest BCUT2D eigenvalue weighted by Gasteiger charge is 2.10. The van der Waals surface area contributed by atoms with Crippen LogP contribution in [-0.2, 0) is 0 Å². The van der Waals surface area contributed by atoms with E-state index in [4.69, 9.17) is 5.84 Å². The molecular weight excluding hydrogens is 246 g/mol. The van der Waals surface area contributed by atoms with Crippen molar-refractivity contribution in [3.05, 3.63) is 30.2 Å². The summed E-state index contributed by atoms with van der Waals surface area (Å²) in [5.74, 6) is 5.21. The standard InChI is InChI=1S/C11H15N7O/c1-7(2)18-6-8(5-13-18)14-11(19)9-3-4-10(15-12)17-16-9/h3-7H,12H2,1-2H3,(H,14,19)(H,15,17). The molecule has 0 radical (unpaired) electrons. The molecule has 0 saturated heterocycles. The van der Waals surface area contributed by atoms with Crippen LogP contribution in [0.4, 0.5) is 11.5 Å². The number of hydrazine groups is 1. The molecule has 0 saturated carbocycles. The normalized spacial score (nSPS) is 10.5. The van der Waals surface area contributed by atoms with Crippen LogP contribution in [0.2, 0.25) is 0 Å². The smallest absolute Gasteiger partial charge is 0.276 e. The second-order valence-electron chi connectivity index (χ2n) is 4.21. The van der Waals surface area contributed by atoms with Gasteiger partial charge >= 0.3 is 0 Å². The molecular formula is C11H15N7O. The van der Waals surface area contributed by atoms with Crippen molar-refractivity contribution in [3.63, 3.8) is 0 Å². The van der Waals surface area contributed by atoms with Gasteiger partial charge in [-0.3, -0.25) is 9.48 Å². The Balaban J connectivity index is 2.06. The predicted octanol–water partition coefficient (Wildman–Crippen LogP) is 0.792. The molecule has 4 N–H and O–H groups in total. The van der Waals surface area contributed by atoms with E-state index in [2.05, 4.69) is 26.0 Å². The molecule has 8 nitrogen and oxygen atoms in total. The fourth-order valence-electron chi connectivity index (χ4n) is 1.41. The van der Waals surface area contributed by atoms with Crippen LogP contribution in [0, 0.1) is 0 Å². The quantitative estimate of drug-likeness (QED) is 0.554. The minimum absolute atomic E-state index is 0.205. The Morgan fingerprint density at radius 1 is 1.37 bits per heavy atom. The summed E-state index contributed by atoms with van der Waals surface area (Å²) in [4.78, 5) is 11.9. The topological polar surface area (TPSA) is 111 Å². The Hall–Kier alpha value is -2.48. The minimum Gasteiger partial charge on any atom is -0.318 e. The van der Waals surface area contributed by atoms with E-state index in [0.717, 1.165) is 0 Å². The van der Waals surface area contributed by atoms with Crippen LogP contribution in [0.15, 0.2) is 24.5 Å². The molecule has 0 aliphatic carbocycles. The molecule has 0 bridgehead atoms. The second kappa shape index (κ2) is 5.44. The fourth-order valence-corrected chi connectivity index (χ4v) is 1.41. The van der Waals surface area contributed by atoms with Crippen molar-refractivity contribution in [2.24, 2.45) is 5.84 Å². The van der Waals surface area contributed by atoms with Gasteiger partial charge in [-0.2, -0.15) is 5.10 Å². The first-order valence-corrected chi connectivity index (χ1v) is 5.76. The number of nitrogen functional groups attached to an aromatic ring is 1. The summed E-state index contributed by atoms with van der Waals surface area (Å²) < 4.78 is 1.75. The zero-order valence-corrected chi connectivity index (χ0v) is 10.7. The molecule has 0 aliphatic heterocycles. The van der Waals surface area contributed by atoms with Gasteiger partial charge in [-0.1, -0.05) is 0 Å². The van der Waals surface area contributed by atoms with Gasteiger partial charge in [0.1, 0.15) is 0 Å². The van der Waals surface area contributed by atoms with Crippen LogP contribution >= 0.6 is 0 Å². The molecule has 0 fully saturated rings. The Bertz CT molecular complexity index is 561. The first-order valence-electron chi connectivity index (χ1n) is 5.76. The van der Waals surface area contributed by atoms with Gasteiger partial charge in [0.15, 0.2) is 11.5 Å². The Labute approximate surface area is 110 Å². The van der Waals surface area contributed by atoms with Gasteiger partial charge < -0.3 is 10.7 Å². The number of amides is 1. The van der Waals surface area contributed by atoms with Crippen molar-refractivity contribution >= 4 is 17.4 Å². The molecule has 0 spiro atoms. The van der Waals surface area contributed by atoms with Gasteiger partial charge in [0.05, 0.1) is 11.9 Å². The monoisotopic (exact) mass is 261 g/mol. The highest BCUT2D eigenvalue weighted by molar-refractivity contribution is 6.02. The Kier molecular flexibility index (Phi) is 3.71. The van der Waals surface area contributed by atoms with Crippen LogP contribution in [0.3, 0.4) is 0 Å². The number of nitrogens with two attached hydrogens (primary N) is 1. The van der Waals surface area contributed by atoms with Crippen LogP contribution < -0.4 is 16.6 Å². The van der Waals surface area contributed by atoms with E-state index in [9.17, 15) is 4.79 Å². The molecule has 1 amide bonds. The van der Waals surface area contributed by atoms with Crippen molar-refractivity contribution in [2.75, 3.05) is 10.7 Å². The molecule has 2 heterocycles. The first kappa shape index (κ1) is 13.0. The van der Waals surface area contributed by atoms with E-state index in [-0.39, 0.29) is 17.6 Å². The zero-order valence-electron chi connectivity index (χ0n) is 10.7. The molecule has 0 unspecified atom stereocenters. The van der Waals surface area contributed by atoms with E-state index in [1.54, 1.807) is 23.1 Å². The summed E-state index contributed by atoms with van der Waals surface area (Å²) >= 11 is 0. The highest BCUT2D eigenvalue weighted by atomic mass is 16.1. The molecule has 2 aromatic heterocycles. The molecule has 8 heteroatoms. The lowest BCUT2D eigenvalue weighted by Gasteiger charge is -2.04. The van der Waals surface area contributed by atoms with Crippen LogP contribution in [-0.4, -0.2) is 25.9 Å². The second-order valence-corrected chi connectivity index (χ2v) is 4.21. The maximum Gasteiger partial charge on any atom is 0.276 e. The van der Waals surface area contributed by atoms with E-state index in [1.807, 2.05) is 13.8 Å².